The number of aliphatic hydroxyl groups excluding tert-OH is 1. The van der Waals surface area contributed by atoms with Crippen molar-refractivity contribution in [2.45, 2.75) is 31.7 Å². The van der Waals surface area contributed by atoms with Gasteiger partial charge in [0.25, 0.3) is 0 Å². The molecule has 1 saturated carbocycles. The fraction of sp³-hybridized carbons (Fsp3) is 0.750. The van der Waals surface area contributed by atoms with Gasteiger partial charge in [0.1, 0.15) is 0 Å². The molecule has 6 heteroatoms. The molecule has 0 unspecified atom stereocenters. The van der Waals surface area contributed by atoms with Gasteiger partial charge in [-0.3, -0.25) is 14.4 Å². The van der Waals surface area contributed by atoms with Crippen LogP contribution in [0.4, 0.5) is 0 Å². The highest BCUT2D eigenvalue weighted by molar-refractivity contribution is 5.78. The van der Waals surface area contributed by atoms with Crippen LogP contribution in [0.5, 0.6) is 0 Å². The Morgan fingerprint density at radius 3 is 2.77 bits per heavy atom. The van der Waals surface area contributed by atoms with E-state index in [0.29, 0.717) is 25.7 Å². The lowest BCUT2D eigenvalue weighted by atomic mass is 9.92. The van der Waals surface area contributed by atoms with Gasteiger partial charge in [-0.15, -0.1) is 0 Å². The molecule has 122 valence electrons. The first-order chi connectivity index (χ1) is 10.6. The van der Waals surface area contributed by atoms with Crippen molar-refractivity contribution in [3.63, 3.8) is 0 Å². The molecule has 1 saturated heterocycles. The predicted molar refractivity (Wildman–Crippen MR) is 83.4 cm³/mol. The lowest BCUT2D eigenvalue weighted by molar-refractivity contribution is -0.131. The molecule has 1 amide bonds. The summed E-state index contributed by atoms with van der Waals surface area (Å²) in [5, 5.41) is 13.9. The normalized spacial score (nSPS) is 25.2. The molecule has 1 aliphatic heterocycles. The highest BCUT2D eigenvalue weighted by Gasteiger charge is 2.37. The number of likely N-dealkylation sites (tertiary alicyclic amines) is 1. The highest BCUT2D eigenvalue weighted by Crippen LogP contribution is 2.33. The van der Waals surface area contributed by atoms with E-state index in [2.05, 4.69) is 16.9 Å². The number of nitrogens with zero attached hydrogens (tertiary/aromatic N) is 4. The van der Waals surface area contributed by atoms with Crippen LogP contribution in [0, 0.1) is 5.92 Å². The molecule has 1 aliphatic carbocycles. The Hall–Kier alpha value is -1.40. The summed E-state index contributed by atoms with van der Waals surface area (Å²) >= 11 is 0. The summed E-state index contributed by atoms with van der Waals surface area (Å²) in [6.45, 7) is 5.02. The van der Waals surface area contributed by atoms with E-state index in [4.69, 9.17) is 0 Å². The Morgan fingerprint density at radius 2 is 2.23 bits per heavy atom. The highest BCUT2D eigenvalue weighted by atomic mass is 16.3. The molecular weight excluding hydrogens is 280 g/mol. The second-order valence-electron chi connectivity index (χ2n) is 6.59. The Balaban J connectivity index is 1.64. The maximum atomic E-state index is 12.6. The molecular formula is C16H26N4O2. The Morgan fingerprint density at radius 1 is 1.45 bits per heavy atom. The zero-order chi connectivity index (χ0) is 15.7. The van der Waals surface area contributed by atoms with E-state index >= 15 is 0 Å². The van der Waals surface area contributed by atoms with Crippen molar-refractivity contribution < 1.29 is 9.90 Å². The van der Waals surface area contributed by atoms with E-state index in [0.717, 1.165) is 12.1 Å². The minimum Gasteiger partial charge on any atom is -0.396 e. The molecule has 0 radical (unpaired) electrons. The van der Waals surface area contributed by atoms with Crippen LogP contribution in [0.1, 0.15) is 31.2 Å². The SMILES string of the molecule is CCN(CC(=O)N1C[C@@H](CO)[C@H](c2cnn(C)c2)C1)C1CC1. The van der Waals surface area contributed by atoms with Gasteiger partial charge in [0.15, 0.2) is 0 Å². The third-order valence-corrected chi connectivity index (χ3v) is 4.99. The van der Waals surface area contributed by atoms with Crippen LogP contribution < -0.4 is 0 Å². The summed E-state index contributed by atoms with van der Waals surface area (Å²) in [4.78, 5) is 16.8. The molecule has 1 N–H and O–H groups in total. The first-order valence-corrected chi connectivity index (χ1v) is 8.23. The maximum absolute atomic E-state index is 12.6. The second kappa shape index (κ2) is 6.38. The zero-order valence-electron chi connectivity index (χ0n) is 13.5. The Bertz CT molecular complexity index is 526. The molecule has 0 spiro atoms. The summed E-state index contributed by atoms with van der Waals surface area (Å²) in [5.41, 5.74) is 1.12. The molecule has 1 aromatic rings. The van der Waals surface area contributed by atoms with Gasteiger partial charge < -0.3 is 10.0 Å². The molecule has 22 heavy (non-hydrogen) atoms. The third-order valence-electron chi connectivity index (χ3n) is 4.99. The van der Waals surface area contributed by atoms with Crippen LogP contribution in [0.2, 0.25) is 0 Å². The average molecular weight is 306 g/mol. The van der Waals surface area contributed by atoms with Gasteiger partial charge in [0.2, 0.25) is 5.91 Å². The summed E-state index contributed by atoms with van der Waals surface area (Å²) in [6.07, 6.45) is 6.28. The van der Waals surface area contributed by atoms with E-state index in [9.17, 15) is 9.90 Å². The number of aliphatic hydroxyl groups is 1. The third kappa shape index (κ3) is 3.17. The van der Waals surface area contributed by atoms with E-state index in [1.54, 1.807) is 4.68 Å². The van der Waals surface area contributed by atoms with E-state index in [1.165, 1.54) is 12.8 Å². The average Bonchev–Trinajstić information content (AvgIpc) is 3.11. The number of hydrogen-bond donors (Lipinski definition) is 1. The smallest absolute Gasteiger partial charge is 0.236 e. The molecule has 2 atom stereocenters. The van der Waals surface area contributed by atoms with Gasteiger partial charge >= 0.3 is 0 Å². The molecule has 3 rings (SSSR count). The summed E-state index contributed by atoms with van der Waals surface area (Å²) in [5.74, 6) is 0.501. The van der Waals surface area contributed by atoms with Crippen LogP contribution in [0.15, 0.2) is 12.4 Å². The van der Waals surface area contributed by atoms with Crippen molar-refractivity contribution in [2.24, 2.45) is 13.0 Å². The minimum atomic E-state index is 0.115. The van der Waals surface area contributed by atoms with Gasteiger partial charge in [-0.1, -0.05) is 6.92 Å². The van der Waals surface area contributed by atoms with Crippen molar-refractivity contribution >= 4 is 5.91 Å². The number of rotatable bonds is 6. The van der Waals surface area contributed by atoms with Gasteiger partial charge in [-0.05, 0) is 24.9 Å². The van der Waals surface area contributed by atoms with E-state index in [-0.39, 0.29) is 24.3 Å². The van der Waals surface area contributed by atoms with E-state index < -0.39 is 0 Å². The fourth-order valence-corrected chi connectivity index (χ4v) is 3.48. The summed E-state index contributed by atoms with van der Waals surface area (Å²) < 4.78 is 1.78. The lowest BCUT2D eigenvalue weighted by Crippen LogP contribution is -2.40. The Labute approximate surface area is 131 Å². The first-order valence-electron chi connectivity index (χ1n) is 8.23. The monoisotopic (exact) mass is 306 g/mol. The van der Waals surface area contributed by atoms with Crippen molar-refractivity contribution in [2.75, 3.05) is 32.8 Å². The number of hydrogen-bond acceptors (Lipinski definition) is 4. The topological polar surface area (TPSA) is 61.6 Å². The number of aromatic nitrogens is 2. The van der Waals surface area contributed by atoms with E-state index in [1.807, 2.05) is 24.3 Å². The number of carbonyl (C=O) groups excluding carboxylic acids is 1. The van der Waals surface area contributed by atoms with Crippen LogP contribution in [0.25, 0.3) is 0 Å². The molecule has 0 bridgehead atoms. The van der Waals surface area contributed by atoms with Crippen molar-refractivity contribution in [3.8, 4) is 0 Å². The summed E-state index contributed by atoms with van der Waals surface area (Å²) in [6, 6.07) is 0.610. The first kappa shape index (κ1) is 15.5. The van der Waals surface area contributed by atoms with Gasteiger partial charge in [0, 0.05) is 50.8 Å². The maximum Gasteiger partial charge on any atom is 0.236 e. The minimum absolute atomic E-state index is 0.115. The van der Waals surface area contributed by atoms with Gasteiger partial charge in [0.05, 0.1) is 12.7 Å². The molecule has 0 aromatic carbocycles. The quantitative estimate of drug-likeness (QED) is 0.828. The van der Waals surface area contributed by atoms with Crippen LogP contribution in [0.3, 0.4) is 0 Å². The standard InChI is InChI=1S/C16H26N4O2/c1-3-19(14-4-5-14)10-16(22)20-8-13(11-21)15(9-20)12-6-17-18(2)7-12/h6-7,13-15,21H,3-5,8-11H2,1-2H3/t13-,15-/m0/s1. The molecule has 2 fully saturated rings. The molecule has 6 nitrogen and oxygen atoms in total. The number of likely N-dealkylation sites (N-methyl/N-ethyl adjacent to an activating group) is 1. The van der Waals surface area contributed by atoms with Crippen LogP contribution in [-0.4, -0.2) is 69.4 Å². The number of aryl methyl sites for hydroxylation is 1. The molecule has 1 aromatic heterocycles. The van der Waals surface area contributed by atoms with Crippen LogP contribution in [-0.2, 0) is 11.8 Å². The largest absolute Gasteiger partial charge is 0.396 e. The number of carbonyl (C=O) groups is 1. The molecule has 2 heterocycles. The van der Waals surface area contributed by atoms with Crippen molar-refractivity contribution in [1.82, 2.24) is 19.6 Å². The van der Waals surface area contributed by atoms with Gasteiger partial charge in [-0.2, -0.15) is 5.10 Å². The fourth-order valence-electron chi connectivity index (χ4n) is 3.48. The second-order valence-corrected chi connectivity index (χ2v) is 6.59. The zero-order valence-corrected chi connectivity index (χ0v) is 13.5. The van der Waals surface area contributed by atoms with Crippen molar-refractivity contribution in [3.05, 3.63) is 18.0 Å². The predicted octanol–water partition coefficient (Wildman–Crippen LogP) is 0.439. The van der Waals surface area contributed by atoms with Crippen molar-refractivity contribution in [1.29, 1.82) is 0 Å². The van der Waals surface area contributed by atoms with Gasteiger partial charge in [-0.25, -0.2) is 0 Å². The Kier molecular flexibility index (Phi) is 4.49. The number of amides is 1. The lowest BCUT2D eigenvalue weighted by Gasteiger charge is -2.23. The molecule has 2 aliphatic rings. The summed E-state index contributed by atoms with van der Waals surface area (Å²) in [7, 11) is 1.89. The van der Waals surface area contributed by atoms with Crippen LogP contribution >= 0.6 is 0 Å².